The predicted molar refractivity (Wildman–Crippen MR) is 69.4 cm³/mol. The van der Waals surface area contributed by atoms with Gasteiger partial charge in [0.1, 0.15) is 10.6 Å². The molecule has 17 heavy (non-hydrogen) atoms. The van der Waals surface area contributed by atoms with Crippen LogP contribution < -0.4 is 4.74 Å². The number of methoxy groups -OCH3 is 1. The van der Waals surface area contributed by atoms with Crippen molar-refractivity contribution in [2.24, 2.45) is 0 Å². The summed E-state index contributed by atoms with van der Waals surface area (Å²) in [6.45, 7) is 4.02. The Labute approximate surface area is 104 Å². The first-order valence-corrected chi connectivity index (χ1v) is 6.20. The van der Waals surface area contributed by atoms with Crippen molar-refractivity contribution in [1.29, 1.82) is 0 Å². The van der Waals surface area contributed by atoms with Crippen molar-refractivity contribution in [2.45, 2.75) is 19.8 Å². The van der Waals surface area contributed by atoms with Crippen molar-refractivity contribution in [2.75, 3.05) is 7.11 Å². The van der Waals surface area contributed by atoms with Gasteiger partial charge >= 0.3 is 5.97 Å². The first-order valence-electron chi connectivity index (χ1n) is 5.38. The third-order valence-corrected chi connectivity index (χ3v) is 3.86. The third kappa shape index (κ3) is 2.00. The van der Waals surface area contributed by atoms with Gasteiger partial charge in [0.05, 0.1) is 7.11 Å². The Hall–Kier alpha value is -1.55. The number of fused-ring (bicyclic) bond motifs is 1. The fourth-order valence-electron chi connectivity index (χ4n) is 1.96. The largest absolute Gasteiger partial charge is 0.497 e. The highest BCUT2D eigenvalue weighted by Crippen LogP contribution is 2.37. The van der Waals surface area contributed by atoms with Crippen LogP contribution in [0, 0.1) is 0 Å². The highest BCUT2D eigenvalue weighted by molar-refractivity contribution is 7.21. The highest BCUT2D eigenvalue weighted by atomic mass is 32.1. The van der Waals surface area contributed by atoms with Gasteiger partial charge in [-0.05, 0) is 35.1 Å². The molecule has 0 bridgehead atoms. The number of thiophene rings is 1. The minimum Gasteiger partial charge on any atom is -0.497 e. The molecule has 4 heteroatoms. The van der Waals surface area contributed by atoms with Gasteiger partial charge in [0, 0.05) is 4.70 Å². The first kappa shape index (κ1) is 11.9. The summed E-state index contributed by atoms with van der Waals surface area (Å²) in [4.78, 5) is 11.7. The van der Waals surface area contributed by atoms with E-state index in [1.165, 1.54) is 11.3 Å². The van der Waals surface area contributed by atoms with Crippen LogP contribution in [0.4, 0.5) is 0 Å². The molecule has 1 aromatic heterocycles. The first-order chi connectivity index (χ1) is 8.04. The number of carboxylic acids is 1. The quantitative estimate of drug-likeness (QED) is 0.902. The maximum Gasteiger partial charge on any atom is 0.346 e. The van der Waals surface area contributed by atoms with Crippen molar-refractivity contribution in [3.63, 3.8) is 0 Å². The number of ether oxygens (including phenoxy) is 1. The number of aromatic carboxylic acids is 1. The Morgan fingerprint density at radius 3 is 2.65 bits per heavy atom. The molecule has 0 radical (unpaired) electrons. The summed E-state index contributed by atoms with van der Waals surface area (Å²) in [7, 11) is 1.61. The van der Waals surface area contributed by atoms with Gasteiger partial charge in [-0.15, -0.1) is 11.3 Å². The molecule has 1 N–H and O–H groups in total. The molecule has 3 nitrogen and oxygen atoms in total. The summed E-state index contributed by atoms with van der Waals surface area (Å²) in [6.07, 6.45) is 0. The Balaban J connectivity index is 2.74. The number of benzene rings is 1. The van der Waals surface area contributed by atoms with Crippen LogP contribution in [0.2, 0.25) is 0 Å². The van der Waals surface area contributed by atoms with E-state index in [2.05, 4.69) is 0 Å². The number of hydrogen-bond acceptors (Lipinski definition) is 3. The molecule has 1 aromatic carbocycles. The van der Waals surface area contributed by atoms with Crippen LogP contribution in [0.1, 0.15) is 35.0 Å². The molecule has 90 valence electrons. The summed E-state index contributed by atoms with van der Waals surface area (Å²) in [5.74, 6) is 0.100. The van der Waals surface area contributed by atoms with Crippen LogP contribution in [0.5, 0.6) is 5.75 Å². The molecule has 2 aromatic rings. The second-order valence-electron chi connectivity index (χ2n) is 4.17. The molecule has 2 rings (SSSR count). The topological polar surface area (TPSA) is 46.5 Å². The average molecular weight is 250 g/mol. The van der Waals surface area contributed by atoms with Crippen LogP contribution in [0.3, 0.4) is 0 Å². The minimum atomic E-state index is -0.853. The number of carboxylic acid groups (broad SMARTS) is 1. The monoisotopic (exact) mass is 250 g/mol. The van der Waals surface area contributed by atoms with Crippen molar-refractivity contribution in [3.8, 4) is 5.75 Å². The molecular formula is C13H14O3S. The van der Waals surface area contributed by atoms with E-state index >= 15 is 0 Å². The van der Waals surface area contributed by atoms with Gasteiger partial charge in [-0.25, -0.2) is 4.79 Å². The van der Waals surface area contributed by atoms with Crippen molar-refractivity contribution in [3.05, 3.63) is 28.6 Å². The number of rotatable bonds is 3. The van der Waals surface area contributed by atoms with Gasteiger partial charge in [0.15, 0.2) is 0 Å². The molecule has 1 heterocycles. The summed E-state index contributed by atoms with van der Waals surface area (Å²) in [5, 5.41) is 10.2. The van der Waals surface area contributed by atoms with Gasteiger partial charge < -0.3 is 9.84 Å². The lowest BCUT2D eigenvalue weighted by Gasteiger charge is -2.05. The van der Waals surface area contributed by atoms with Gasteiger partial charge in [-0.2, -0.15) is 0 Å². The molecule has 0 saturated carbocycles. The van der Waals surface area contributed by atoms with E-state index < -0.39 is 5.97 Å². The van der Waals surface area contributed by atoms with Crippen LogP contribution in [0.15, 0.2) is 18.2 Å². The molecule has 0 aliphatic rings. The second-order valence-corrected chi connectivity index (χ2v) is 5.22. The number of carbonyl (C=O) groups is 1. The van der Waals surface area contributed by atoms with Crippen molar-refractivity contribution in [1.82, 2.24) is 0 Å². The lowest BCUT2D eigenvalue weighted by Crippen LogP contribution is -1.99. The standard InChI is InChI=1S/C13H14O3S/c1-7(2)11-9-5-4-8(16-3)6-10(9)17-12(11)13(14)15/h4-7H,1-3H3,(H,14,15). The summed E-state index contributed by atoms with van der Waals surface area (Å²) < 4.78 is 6.11. The van der Waals surface area contributed by atoms with Gasteiger partial charge in [-0.3, -0.25) is 0 Å². The van der Waals surface area contributed by atoms with Crippen LogP contribution in [-0.4, -0.2) is 18.2 Å². The molecule has 0 aliphatic heterocycles. The van der Waals surface area contributed by atoms with Gasteiger partial charge in [0.2, 0.25) is 0 Å². The molecule has 0 amide bonds. The van der Waals surface area contributed by atoms with E-state index in [0.29, 0.717) is 4.88 Å². The fraction of sp³-hybridized carbons (Fsp3) is 0.308. The van der Waals surface area contributed by atoms with Crippen LogP contribution in [-0.2, 0) is 0 Å². The Morgan fingerprint density at radius 2 is 2.12 bits per heavy atom. The molecule has 0 spiro atoms. The van der Waals surface area contributed by atoms with E-state index in [1.54, 1.807) is 7.11 Å². The molecule has 0 unspecified atom stereocenters. The van der Waals surface area contributed by atoms with Gasteiger partial charge in [-0.1, -0.05) is 13.8 Å². The van der Waals surface area contributed by atoms with E-state index in [1.807, 2.05) is 32.0 Å². The van der Waals surface area contributed by atoms with Crippen LogP contribution in [0.25, 0.3) is 10.1 Å². The summed E-state index contributed by atoms with van der Waals surface area (Å²) >= 11 is 1.31. The number of hydrogen-bond donors (Lipinski definition) is 1. The maximum absolute atomic E-state index is 11.2. The van der Waals surface area contributed by atoms with Crippen LogP contribution >= 0.6 is 11.3 Å². The molecule has 0 saturated heterocycles. The highest BCUT2D eigenvalue weighted by Gasteiger charge is 2.20. The zero-order valence-corrected chi connectivity index (χ0v) is 10.8. The predicted octanol–water partition coefficient (Wildman–Crippen LogP) is 3.73. The van der Waals surface area contributed by atoms with Gasteiger partial charge in [0.25, 0.3) is 0 Å². The van der Waals surface area contributed by atoms with E-state index in [-0.39, 0.29) is 5.92 Å². The zero-order valence-electron chi connectivity index (χ0n) is 9.98. The van der Waals surface area contributed by atoms with Crippen molar-refractivity contribution < 1.29 is 14.6 Å². The summed E-state index contributed by atoms with van der Waals surface area (Å²) in [5.41, 5.74) is 0.917. The van der Waals surface area contributed by atoms with E-state index in [0.717, 1.165) is 21.4 Å². The molecule has 0 fully saturated rings. The normalized spacial score (nSPS) is 11.1. The lowest BCUT2D eigenvalue weighted by atomic mass is 9.99. The Morgan fingerprint density at radius 1 is 1.41 bits per heavy atom. The Bertz CT molecular complexity index is 569. The lowest BCUT2D eigenvalue weighted by molar-refractivity contribution is 0.0701. The average Bonchev–Trinajstić information content (AvgIpc) is 2.66. The molecule has 0 atom stereocenters. The third-order valence-electron chi connectivity index (χ3n) is 2.71. The second kappa shape index (κ2) is 4.37. The molecule has 0 aliphatic carbocycles. The molecular weight excluding hydrogens is 236 g/mol. The SMILES string of the molecule is COc1ccc2c(C(C)C)c(C(=O)O)sc2c1. The smallest absolute Gasteiger partial charge is 0.346 e. The van der Waals surface area contributed by atoms with Crippen molar-refractivity contribution >= 4 is 27.4 Å². The fourth-order valence-corrected chi connectivity index (χ4v) is 3.18. The zero-order chi connectivity index (χ0) is 12.6. The Kier molecular flexibility index (Phi) is 3.07. The summed E-state index contributed by atoms with van der Waals surface area (Å²) in [6, 6.07) is 5.69. The van der Waals surface area contributed by atoms with E-state index in [9.17, 15) is 9.90 Å². The van der Waals surface area contributed by atoms with E-state index in [4.69, 9.17) is 4.74 Å². The minimum absolute atomic E-state index is 0.197. The maximum atomic E-state index is 11.2.